The molecule has 2 aliphatic rings. The van der Waals surface area contributed by atoms with Gasteiger partial charge in [0.2, 0.25) is 0 Å². The second kappa shape index (κ2) is 7.38. The van der Waals surface area contributed by atoms with Gasteiger partial charge < -0.3 is 9.84 Å². The summed E-state index contributed by atoms with van der Waals surface area (Å²) in [7, 11) is 0. The fourth-order valence-electron chi connectivity index (χ4n) is 3.46. The lowest BCUT2D eigenvalue weighted by Gasteiger charge is -2.37. The number of hydrogen-bond donors (Lipinski definition) is 1. The molecule has 0 spiro atoms. The van der Waals surface area contributed by atoms with Crippen LogP contribution >= 0.6 is 0 Å². The van der Waals surface area contributed by atoms with Crippen LogP contribution in [-0.2, 0) is 9.53 Å². The maximum Gasteiger partial charge on any atom is 0.317 e. The number of aliphatic carboxylic acids is 1. The summed E-state index contributed by atoms with van der Waals surface area (Å²) in [5.41, 5.74) is 0. The number of morpholine rings is 1. The summed E-state index contributed by atoms with van der Waals surface area (Å²) in [6, 6.07) is 0. The Kier molecular flexibility index (Phi) is 5.81. The summed E-state index contributed by atoms with van der Waals surface area (Å²) >= 11 is 0. The van der Waals surface area contributed by atoms with Crippen LogP contribution in [0.2, 0.25) is 0 Å². The molecule has 0 radical (unpaired) electrons. The van der Waals surface area contributed by atoms with Crippen LogP contribution in [0.1, 0.15) is 33.1 Å². The van der Waals surface area contributed by atoms with Crippen LogP contribution in [0.5, 0.6) is 0 Å². The molecule has 2 saturated heterocycles. The number of nitrogens with zero attached hydrogens (tertiary/aromatic N) is 2. The van der Waals surface area contributed by atoms with Crippen LogP contribution in [-0.4, -0.2) is 72.4 Å². The van der Waals surface area contributed by atoms with Crippen molar-refractivity contribution in [2.45, 2.75) is 45.3 Å². The second-order valence-electron chi connectivity index (χ2n) is 6.42. The fourth-order valence-corrected chi connectivity index (χ4v) is 3.46. The summed E-state index contributed by atoms with van der Waals surface area (Å²) in [6.07, 6.45) is 4.21. The van der Waals surface area contributed by atoms with E-state index in [2.05, 4.69) is 23.6 Å². The van der Waals surface area contributed by atoms with Gasteiger partial charge in [-0.2, -0.15) is 0 Å². The van der Waals surface area contributed by atoms with Gasteiger partial charge in [-0.05, 0) is 58.7 Å². The zero-order valence-electron chi connectivity index (χ0n) is 12.8. The summed E-state index contributed by atoms with van der Waals surface area (Å²) in [6.45, 7) is 9.61. The Morgan fingerprint density at radius 2 is 1.75 bits per heavy atom. The Bertz CT molecular complexity index is 306. The third-order valence-electron chi connectivity index (χ3n) is 4.41. The molecule has 0 aliphatic carbocycles. The number of piperidine rings is 1. The third-order valence-corrected chi connectivity index (χ3v) is 4.41. The van der Waals surface area contributed by atoms with Gasteiger partial charge in [-0.3, -0.25) is 14.6 Å². The first-order valence-corrected chi connectivity index (χ1v) is 7.85. The Morgan fingerprint density at radius 1 is 1.15 bits per heavy atom. The van der Waals surface area contributed by atoms with Crippen molar-refractivity contribution < 1.29 is 14.6 Å². The van der Waals surface area contributed by atoms with Crippen LogP contribution < -0.4 is 0 Å². The van der Waals surface area contributed by atoms with E-state index in [1.54, 1.807) is 0 Å². The monoisotopic (exact) mass is 284 g/mol. The Balaban J connectivity index is 1.64. The molecule has 2 atom stereocenters. The van der Waals surface area contributed by atoms with Gasteiger partial charge in [0.05, 0.1) is 18.8 Å². The average molecular weight is 284 g/mol. The SMILES string of the molecule is C[C@H]1CN(CCC2CCN(CC(=O)O)CC2)C[C@H](C)O1. The highest BCUT2D eigenvalue weighted by atomic mass is 16.5. The molecule has 2 aliphatic heterocycles. The van der Waals surface area contributed by atoms with Crippen molar-refractivity contribution in [1.29, 1.82) is 0 Å². The Morgan fingerprint density at radius 3 is 2.30 bits per heavy atom. The molecule has 0 saturated carbocycles. The van der Waals surface area contributed by atoms with Crippen molar-refractivity contribution in [3.8, 4) is 0 Å². The van der Waals surface area contributed by atoms with Crippen LogP contribution in [0.25, 0.3) is 0 Å². The van der Waals surface area contributed by atoms with E-state index in [0.717, 1.165) is 51.5 Å². The number of carboxylic acids is 1. The number of carboxylic acid groups (broad SMARTS) is 1. The van der Waals surface area contributed by atoms with E-state index >= 15 is 0 Å². The largest absolute Gasteiger partial charge is 0.480 e. The minimum atomic E-state index is -0.709. The van der Waals surface area contributed by atoms with E-state index in [4.69, 9.17) is 9.84 Å². The number of likely N-dealkylation sites (tertiary alicyclic amines) is 1. The highest BCUT2D eigenvalue weighted by Crippen LogP contribution is 2.21. The molecule has 5 nitrogen and oxygen atoms in total. The third kappa shape index (κ3) is 5.04. The van der Waals surface area contributed by atoms with Gasteiger partial charge in [0, 0.05) is 13.1 Å². The zero-order chi connectivity index (χ0) is 14.5. The smallest absolute Gasteiger partial charge is 0.317 e. The topological polar surface area (TPSA) is 53.0 Å². The molecule has 1 N–H and O–H groups in total. The molecule has 20 heavy (non-hydrogen) atoms. The molecule has 0 unspecified atom stereocenters. The van der Waals surface area contributed by atoms with Crippen LogP contribution in [0.15, 0.2) is 0 Å². The summed E-state index contributed by atoms with van der Waals surface area (Å²) in [4.78, 5) is 15.3. The molecule has 0 amide bonds. The normalized spacial score (nSPS) is 30.5. The standard InChI is InChI=1S/C15H28N2O3/c1-12-9-17(10-13(2)20-12)8-5-14-3-6-16(7-4-14)11-15(18)19/h12-14H,3-11H2,1-2H3,(H,18,19)/t12-,13-/m0/s1. The van der Waals surface area contributed by atoms with Gasteiger partial charge in [-0.25, -0.2) is 0 Å². The molecule has 116 valence electrons. The molecule has 0 aromatic carbocycles. The van der Waals surface area contributed by atoms with Gasteiger partial charge in [0.25, 0.3) is 0 Å². The van der Waals surface area contributed by atoms with E-state index in [-0.39, 0.29) is 6.54 Å². The minimum Gasteiger partial charge on any atom is -0.480 e. The first kappa shape index (κ1) is 15.7. The van der Waals surface area contributed by atoms with E-state index in [1.165, 1.54) is 6.42 Å². The van der Waals surface area contributed by atoms with E-state index in [1.807, 2.05) is 0 Å². The zero-order valence-corrected chi connectivity index (χ0v) is 12.8. The maximum absolute atomic E-state index is 10.7. The second-order valence-corrected chi connectivity index (χ2v) is 6.42. The average Bonchev–Trinajstić information content (AvgIpc) is 2.36. The molecule has 2 rings (SSSR count). The summed E-state index contributed by atoms with van der Waals surface area (Å²) in [5.74, 6) is 0.0493. The lowest BCUT2D eigenvalue weighted by Crippen LogP contribution is -2.46. The van der Waals surface area contributed by atoms with Crippen molar-refractivity contribution in [2.24, 2.45) is 5.92 Å². The Labute approximate surface area is 121 Å². The van der Waals surface area contributed by atoms with Crippen molar-refractivity contribution in [3.63, 3.8) is 0 Å². The van der Waals surface area contributed by atoms with Crippen LogP contribution in [0.4, 0.5) is 0 Å². The lowest BCUT2D eigenvalue weighted by molar-refractivity contribution is -0.138. The van der Waals surface area contributed by atoms with Gasteiger partial charge in [-0.1, -0.05) is 0 Å². The quantitative estimate of drug-likeness (QED) is 0.824. The van der Waals surface area contributed by atoms with Crippen molar-refractivity contribution in [2.75, 3.05) is 39.3 Å². The first-order valence-electron chi connectivity index (χ1n) is 7.85. The van der Waals surface area contributed by atoms with Gasteiger partial charge in [0.1, 0.15) is 0 Å². The van der Waals surface area contributed by atoms with E-state index in [9.17, 15) is 4.79 Å². The molecular weight excluding hydrogens is 256 g/mol. The van der Waals surface area contributed by atoms with Gasteiger partial charge >= 0.3 is 5.97 Å². The predicted octanol–water partition coefficient (Wildman–Crippen LogP) is 1.28. The van der Waals surface area contributed by atoms with E-state index in [0.29, 0.717) is 12.2 Å². The molecule has 2 heterocycles. The Hall–Kier alpha value is -0.650. The van der Waals surface area contributed by atoms with Crippen LogP contribution in [0.3, 0.4) is 0 Å². The molecule has 2 fully saturated rings. The molecule has 5 heteroatoms. The van der Waals surface area contributed by atoms with Crippen LogP contribution in [0, 0.1) is 5.92 Å². The molecule has 0 aromatic rings. The molecule has 0 aromatic heterocycles. The highest BCUT2D eigenvalue weighted by molar-refractivity contribution is 5.69. The first-order chi connectivity index (χ1) is 9.52. The molecular formula is C15H28N2O3. The lowest BCUT2D eigenvalue weighted by atomic mass is 9.93. The minimum absolute atomic E-state index is 0.200. The summed E-state index contributed by atoms with van der Waals surface area (Å²) < 4.78 is 5.76. The van der Waals surface area contributed by atoms with Gasteiger partial charge in [-0.15, -0.1) is 0 Å². The van der Waals surface area contributed by atoms with Crippen molar-refractivity contribution in [1.82, 2.24) is 9.80 Å². The fraction of sp³-hybridized carbons (Fsp3) is 0.933. The van der Waals surface area contributed by atoms with E-state index < -0.39 is 5.97 Å². The number of carbonyl (C=O) groups is 1. The predicted molar refractivity (Wildman–Crippen MR) is 77.9 cm³/mol. The summed E-state index contributed by atoms with van der Waals surface area (Å²) in [5, 5.41) is 8.79. The number of ether oxygens (including phenoxy) is 1. The number of rotatable bonds is 5. The van der Waals surface area contributed by atoms with Gasteiger partial charge in [0.15, 0.2) is 0 Å². The van der Waals surface area contributed by atoms with Crippen molar-refractivity contribution >= 4 is 5.97 Å². The highest BCUT2D eigenvalue weighted by Gasteiger charge is 2.24. The maximum atomic E-state index is 10.7. The van der Waals surface area contributed by atoms with Crippen molar-refractivity contribution in [3.05, 3.63) is 0 Å². The molecule has 0 bridgehead atoms. The number of hydrogen-bond acceptors (Lipinski definition) is 4.